The molecule has 0 aliphatic rings. The summed E-state index contributed by atoms with van der Waals surface area (Å²) in [5.74, 6) is 0.577. The summed E-state index contributed by atoms with van der Waals surface area (Å²) in [4.78, 5) is 22.1. The quantitative estimate of drug-likeness (QED) is 0.131. The molecular formula is C28H34N2O6. The Morgan fingerprint density at radius 2 is 1.31 bits per heavy atom. The van der Waals surface area contributed by atoms with Gasteiger partial charge in [0.1, 0.15) is 11.5 Å². The van der Waals surface area contributed by atoms with Crippen molar-refractivity contribution in [2.75, 3.05) is 26.4 Å². The highest BCUT2D eigenvalue weighted by molar-refractivity contribution is 5.81. The fourth-order valence-electron chi connectivity index (χ4n) is 2.97. The monoisotopic (exact) mass is 494 g/mol. The molecule has 0 bridgehead atoms. The summed E-state index contributed by atoms with van der Waals surface area (Å²) < 4.78 is 21.5. The van der Waals surface area contributed by atoms with Crippen LogP contribution in [0.25, 0.3) is 0 Å². The Labute approximate surface area is 212 Å². The molecule has 8 heteroatoms. The van der Waals surface area contributed by atoms with Crippen LogP contribution in [0.3, 0.4) is 0 Å². The van der Waals surface area contributed by atoms with Crippen molar-refractivity contribution in [1.29, 1.82) is 0 Å². The minimum atomic E-state index is -0.440. The number of carbonyl (C=O) groups is 2. The second-order valence-corrected chi connectivity index (χ2v) is 8.77. The summed E-state index contributed by atoms with van der Waals surface area (Å²) >= 11 is 0. The van der Waals surface area contributed by atoms with Crippen molar-refractivity contribution >= 4 is 23.3 Å². The van der Waals surface area contributed by atoms with E-state index in [9.17, 15) is 9.59 Å². The number of rotatable bonds is 14. The molecule has 2 aromatic carbocycles. The maximum atomic E-state index is 11.1. The van der Waals surface area contributed by atoms with Gasteiger partial charge in [-0.25, -0.2) is 9.59 Å². The molecule has 0 saturated heterocycles. The molecule has 192 valence electrons. The van der Waals surface area contributed by atoms with Crippen LogP contribution in [0, 0.1) is 0 Å². The Bertz CT molecular complexity index is 1050. The number of ether oxygens (including phenoxy) is 4. The van der Waals surface area contributed by atoms with Crippen molar-refractivity contribution in [1.82, 2.24) is 0 Å². The third-order valence-electron chi connectivity index (χ3n) is 4.81. The van der Waals surface area contributed by atoms with E-state index < -0.39 is 11.9 Å². The zero-order valence-electron chi connectivity index (χ0n) is 21.2. The lowest BCUT2D eigenvalue weighted by atomic mass is 9.86. The molecule has 0 aliphatic carbocycles. The highest BCUT2D eigenvalue weighted by Crippen LogP contribution is 2.35. The second-order valence-electron chi connectivity index (χ2n) is 8.77. The maximum Gasteiger partial charge on any atom is 0.330 e. The van der Waals surface area contributed by atoms with Crippen molar-refractivity contribution in [3.63, 3.8) is 0 Å². The minimum absolute atomic E-state index is 0.167. The van der Waals surface area contributed by atoms with Gasteiger partial charge in [-0.3, -0.25) is 0 Å². The average molecular weight is 495 g/mol. The van der Waals surface area contributed by atoms with Crippen LogP contribution < -0.4 is 9.47 Å². The van der Waals surface area contributed by atoms with Crippen molar-refractivity contribution < 1.29 is 28.5 Å². The first-order chi connectivity index (χ1) is 17.2. The van der Waals surface area contributed by atoms with E-state index >= 15 is 0 Å². The normalized spacial score (nSPS) is 11.1. The summed E-state index contributed by atoms with van der Waals surface area (Å²) in [5.41, 5.74) is 2.24. The first-order valence-electron chi connectivity index (χ1n) is 11.7. The average Bonchev–Trinajstić information content (AvgIpc) is 2.87. The molecular weight excluding hydrogens is 460 g/mol. The van der Waals surface area contributed by atoms with Gasteiger partial charge in [0.05, 0.1) is 37.8 Å². The van der Waals surface area contributed by atoms with Crippen LogP contribution in [0.5, 0.6) is 11.5 Å². The Balaban J connectivity index is 1.92. The minimum Gasteiger partial charge on any atom is -0.493 e. The molecule has 0 fully saturated rings. The molecule has 0 unspecified atom stereocenters. The number of hydrogen-bond donors (Lipinski definition) is 0. The molecule has 0 amide bonds. The lowest BCUT2D eigenvalue weighted by Gasteiger charge is -2.23. The van der Waals surface area contributed by atoms with Gasteiger partial charge in [0, 0.05) is 30.6 Å². The smallest absolute Gasteiger partial charge is 0.330 e. The van der Waals surface area contributed by atoms with Crippen molar-refractivity contribution in [3.8, 4) is 11.5 Å². The topological polar surface area (TPSA) is 95.8 Å². The fourth-order valence-corrected chi connectivity index (χ4v) is 2.97. The van der Waals surface area contributed by atoms with Gasteiger partial charge in [0.2, 0.25) is 0 Å². The van der Waals surface area contributed by atoms with Crippen molar-refractivity contribution in [2.24, 2.45) is 10.2 Å². The zero-order chi connectivity index (χ0) is 26.4. The van der Waals surface area contributed by atoms with Crippen LogP contribution in [0.4, 0.5) is 11.4 Å². The maximum absolute atomic E-state index is 11.1. The van der Waals surface area contributed by atoms with E-state index in [1.54, 1.807) is 0 Å². The van der Waals surface area contributed by atoms with Crippen LogP contribution in [0.2, 0.25) is 0 Å². The predicted octanol–water partition coefficient (Wildman–Crippen LogP) is 6.40. The van der Waals surface area contributed by atoms with E-state index in [2.05, 4.69) is 44.2 Å². The summed E-state index contributed by atoms with van der Waals surface area (Å²) in [7, 11) is 0. The summed E-state index contributed by atoms with van der Waals surface area (Å²) in [6.45, 7) is 14.4. The summed E-state index contributed by atoms with van der Waals surface area (Å²) in [5, 5.41) is 8.70. The van der Waals surface area contributed by atoms with Gasteiger partial charge in [0.15, 0.2) is 0 Å². The number of benzene rings is 2. The van der Waals surface area contributed by atoms with Crippen molar-refractivity contribution in [2.45, 2.75) is 39.0 Å². The molecule has 0 atom stereocenters. The molecule has 0 N–H and O–H groups in total. The van der Waals surface area contributed by atoms with E-state index in [0.29, 0.717) is 43.2 Å². The molecule has 0 aliphatic heterocycles. The van der Waals surface area contributed by atoms with Crippen LogP contribution in [-0.2, 0) is 24.5 Å². The van der Waals surface area contributed by atoms with Gasteiger partial charge in [-0.05, 0) is 47.9 Å². The van der Waals surface area contributed by atoms with Crippen molar-refractivity contribution in [3.05, 3.63) is 73.3 Å². The third-order valence-corrected chi connectivity index (χ3v) is 4.81. The first kappa shape index (κ1) is 28.3. The molecule has 0 radical (unpaired) electrons. The lowest BCUT2D eigenvalue weighted by molar-refractivity contribution is -0.138. The molecule has 0 spiro atoms. The molecule has 0 saturated carbocycles. The fraction of sp³-hybridized carbons (Fsp3) is 0.357. The Kier molecular flexibility index (Phi) is 11.4. The number of azo groups is 1. The van der Waals surface area contributed by atoms with Crippen LogP contribution in [0.1, 0.15) is 39.2 Å². The number of nitrogens with zero attached hydrogens (tertiary/aromatic N) is 2. The van der Waals surface area contributed by atoms with E-state index in [4.69, 9.17) is 18.9 Å². The number of esters is 2. The van der Waals surface area contributed by atoms with Gasteiger partial charge in [-0.1, -0.05) is 33.9 Å². The largest absolute Gasteiger partial charge is 0.493 e. The highest BCUT2D eigenvalue weighted by atomic mass is 16.5. The predicted molar refractivity (Wildman–Crippen MR) is 138 cm³/mol. The Morgan fingerprint density at radius 1 is 0.778 bits per heavy atom. The molecule has 2 rings (SSSR count). The Hall–Kier alpha value is -3.94. The van der Waals surface area contributed by atoms with Gasteiger partial charge >= 0.3 is 11.9 Å². The number of hydrogen-bond acceptors (Lipinski definition) is 8. The van der Waals surface area contributed by atoms with E-state index in [1.165, 1.54) is 0 Å². The Morgan fingerprint density at radius 3 is 1.86 bits per heavy atom. The van der Waals surface area contributed by atoms with Gasteiger partial charge in [-0.15, -0.1) is 0 Å². The van der Waals surface area contributed by atoms with Crippen LogP contribution in [0.15, 0.2) is 78.0 Å². The van der Waals surface area contributed by atoms with E-state index in [-0.39, 0.29) is 18.6 Å². The van der Waals surface area contributed by atoms with E-state index in [1.807, 2.05) is 42.5 Å². The lowest BCUT2D eigenvalue weighted by Crippen LogP contribution is -2.14. The number of carbonyl (C=O) groups excluding carboxylic acids is 2. The van der Waals surface area contributed by atoms with Gasteiger partial charge < -0.3 is 18.9 Å². The second kappa shape index (κ2) is 14.5. The molecule has 8 nitrogen and oxygen atoms in total. The summed E-state index contributed by atoms with van der Waals surface area (Å²) in [6, 6.07) is 13.0. The van der Waals surface area contributed by atoms with Gasteiger partial charge in [-0.2, -0.15) is 10.2 Å². The molecule has 0 heterocycles. The van der Waals surface area contributed by atoms with E-state index in [0.717, 1.165) is 23.5 Å². The van der Waals surface area contributed by atoms with Crippen LogP contribution in [-0.4, -0.2) is 38.4 Å². The van der Waals surface area contributed by atoms with Gasteiger partial charge in [0.25, 0.3) is 0 Å². The first-order valence-corrected chi connectivity index (χ1v) is 11.7. The molecule has 36 heavy (non-hydrogen) atoms. The third kappa shape index (κ3) is 10.1. The summed E-state index contributed by atoms with van der Waals surface area (Å²) in [6.07, 6.45) is 3.43. The molecule has 0 aromatic heterocycles. The SMILES string of the molecule is C=CC(=O)OCCCOc1ccc(N=Nc2ccc(OCCCOC(=O)C=C)c(C(C)(C)C)c2)cc1. The highest BCUT2D eigenvalue weighted by Gasteiger charge is 2.20. The van der Waals surface area contributed by atoms with Crippen LogP contribution >= 0.6 is 0 Å². The zero-order valence-corrected chi connectivity index (χ0v) is 21.2. The standard InChI is InChI=1S/C28H34N2O6/c1-6-26(31)35-18-8-16-33-23-13-10-21(11-14-23)29-30-22-12-15-25(24(20-22)28(3,4)5)34-17-9-19-36-27(32)7-2/h6-7,10-15,20H,1-2,8-9,16-19H2,3-5H3. The molecule has 2 aromatic rings.